The molecule has 2 aromatic rings. The van der Waals surface area contributed by atoms with Crippen LogP contribution in [0.3, 0.4) is 0 Å². The maximum atomic E-state index is 13.1. The minimum absolute atomic E-state index is 0.0595. The van der Waals surface area contributed by atoms with Crippen molar-refractivity contribution < 1.29 is 14.4 Å². The second-order valence-electron chi connectivity index (χ2n) is 8.22. The van der Waals surface area contributed by atoms with Crippen molar-refractivity contribution in [3.05, 3.63) is 53.2 Å². The number of nitrogens with one attached hydrogen (secondary N) is 1. The van der Waals surface area contributed by atoms with Crippen LogP contribution in [0.4, 0.5) is 11.5 Å². The van der Waals surface area contributed by atoms with Crippen LogP contribution in [0.1, 0.15) is 24.8 Å². The van der Waals surface area contributed by atoms with Gasteiger partial charge in [0.05, 0.1) is 11.8 Å². The Balaban J connectivity index is 1.37. The van der Waals surface area contributed by atoms with E-state index in [1.165, 1.54) is 0 Å². The molecule has 4 rings (SSSR count). The fraction of sp³-hybridized carbons (Fsp3) is 0.391. The van der Waals surface area contributed by atoms with E-state index in [9.17, 15) is 14.4 Å². The highest BCUT2D eigenvalue weighted by atomic mass is 35.5. The molecule has 0 aliphatic carbocycles. The number of rotatable bonds is 4. The number of aromatic nitrogens is 1. The number of hydrogen-bond acceptors (Lipinski definition) is 4. The molecule has 31 heavy (non-hydrogen) atoms. The Morgan fingerprint density at radius 3 is 2.58 bits per heavy atom. The third-order valence-electron chi connectivity index (χ3n) is 5.88. The summed E-state index contributed by atoms with van der Waals surface area (Å²) in [7, 11) is 0. The fourth-order valence-electron chi connectivity index (χ4n) is 4.16. The molecule has 2 unspecified atom stereocenters. The summed E-state index contributed by atoms with van der Waals surface area (Å²) < 4.78 is 0. The Bertz CT molecular complexity index is 977. The number of hydrogen-bond donors (Lipinski definition) is 1. The lowest BCUT2D eigenvalue weighted by Gasteiger charge is -2.33. The molecule has 3 heterocycles. The number of carbonyl (C=O) groups is 3. The van der Waals surface area contributed by atoms with Gasteiger partial charge in [0.2, 0.25) is 17.7 Å². The van der Waals surface area contributed by atoms with E-state index in [4.69, 9.17) is 11.6 Å². The van der Waals surface area contributed by atoms with Gasteiger partial charge in [0.1, 0.15) is 5.82 Å². The summed E-state index contributed by atoms with van der Waals surface area (Å²) in [6, 6.07) is 10.7. The van der Waals surface area contributed by atoms with Crippen molar-refractivity contribution in [1.82, 2.24) is 9.88 Å². The van der Waals surface area contributed by atoms with E-state index in [1.807, 2.05) is 13.0 Å². The SMILES string of the molecule is Cc1ccc(NC(=O)C2CCCN(C(=O)C3CC(=O)N(c4ccc(Cl)cc4)C3)C2)nc1. The van der Waals surface area contributed by atoms with E-state index in [-0.39, 0.29) is 30.1 Å². The van der Waals surface area contributed by atoms with Crippen molar-refractivity contribution >= 4 is 40.8 Å². The summed E-state index contributed by atoms with van der Waals surface area (Å²) >= 11 is 5.93. The first-order valence-electron chi connectivity index (χ1n) is 10.5. The third kappa shape index (κ3) is 4.88. The maximum Gasteiger partial charge on any atom is 0.230 e. The van der Waals surface area contributed by atoms with Gasteiger partial charge in [-0.3, -0.25) is 14.4 Å². The second-order valence-corrected chi connectivity index (χ2v) is 8.65. The van der Waals surface area contributed by atoms with Crippen molar-refractivity contribution in [3.8, 4) is 0 Å². The van der Waals surface area contributed by atoms with Crippen molar-refractivity contribution in [1.29, 1.82) is 0 Å². The first-order chi connectivity index (χ1) is 14.9. The van der Waals surface area contributed by atoms with Crippen LogP contribution in [0.5, 0.6) is 0 Å². The van der Waals surface area contributed by atoms with Gasteiger partial charge in [0, 0.05) is 43.0 Å². The van der Waals surface area contributed by atoms with E-state index >= 15 is 0 Å². The highest BCUT2D eigenvalue weighted by Crippen LogP contribution is 2.29. The molecule has 0 saturated carbocycles. The molecule has 8 heteroatoms. The zero-order valence-corrected chi connectivity index (χ0v) is 18.1. The van der Waals surface area contributed by atoms with Gasteiger partial charge in [-0.1, -0.05) is 17.7 Å². The van der Waals surface area contributed by atoms with Crippen molar-refractivity contribution in [3.63, 3.8) is 0 Å². The minimum Gasteiger partial charge on any atom is -0.342 e. The molecule has 162 valence electrons. The third-order valence-corrected chi connectivity index (χ3v) is 6.13. The number of pyridine rings is 1. The van der Waals surface area contributed by atoms with Crippen LogP contribution < -0.4 is 10.2 Å². The highest BCUT2D eigenvalue weighted by Gasteiger charge is 2.39. The summed E-state index contributed by atoms with van der Waals surface area (Å²) in [5, 5.41) is 3.45. The predicted molar refractivity (Wildman–Crippen MR) is 119 cm³/mol. The first-order valence-corrected chi connectivity index (χ1v) is 10.9. The normalized spacial score (nSPS) is 21.3. The summed E-state index contributed by atoms with van der Waals surface area (Å²) in [5.74, 6) is -0.430. The molecule has 2 aliphatic rings. The van der Waals surface area contributed by atoms with Crippen LogP contribution in [-0.4, -0.2) is 47.2 Å². The molecule has 2 fully saturated rings. The predicted octanol–water partition coefficient (Wildman–Crippen LogP) is 3.27. The molecule has 0 radical (unpaired) electrons. The molecule has 2 atom stereocenters. The quantitative estimate of drug-likeness (QED) is 0.790. The monoisotopic (exact) mass is 440 g/mol. The van der Waals surface area contributed by atoms with E-state index < -0.39 is 5.92 Å². The van der Waals surface area contributed by atoms with Crippen LogP contribution >= 0.6 is 11.6 Å². The molecule has 7 nitrogen and oxygen atoms in total. The molecule has 1 aromatic carbocycles. The van der Waals surface area contributed by atoms with Crippen LogP contribution in [0, 0.1) is 18.8 Å². The average molecular weight is 441 g/mol. The van der Waals surface area contributed by atoms with Gasteiger partial charge in [0.25, 0.3) is 0 Å². The first kappa shape index (κ1) is 21.3. The highest BCUT2D eigenvalue weighted by molar-refractivity contribution is 6.30. The van der Waals surface area contributed by atoms with Crippen molar-refractivity contribution in [2.24, 2.45) is 11.8 Å². The zero-order chi connectivity index (χ0) is 22.0. The van der Waals surface area contributed by atoms with Gasteiger partial charge in [0.15, 0.2) is 0 Å². The van der Waals surface area contributed by atoms with E-state index in [0.717, 1.165) is 24.1 Å². The minimum atomic E-state index is -0.399. The standard InChI is InChI=1S/C23H25ClN4O3/c1-15-4-9-20(25-12-15)26-22(30)16-3-2-10-27(13-16)23(31)17-11-21(29)28(14-17)19-7-5-18(24)6-8-19/h4-9,12,16-17H,2-3,10-11,13-14H2,1H3,(H,25,26,30). The largest absolute Gasteiger partial charge is 0.342 e. The molecule has 2 saturated heterocycles. The van der Waals surface area contributed by atoms with Gasteiger partial charge in [-0.25, -0.2) is 4.98 Å². The number of halogens is 1. The average Bonchev–Trinajstić information content (AvgIpc) is 3.17. The van der Waals surface area contributed by atoms with Crippen LogP contribution in [-0.2, 0) is 14.4 Å². The molecule has 2 aliphatic heterocycles. The Labute approximate surface area is 186 Å². The number of likely N-dealkylation sites (tertiary alicyclic amines) is 1. The van der Waals surface area contributed by atoms with Crippen molar-refractivity contribution in [2.45, 2.75) is 26.2 Å². The molecule has 0 bridgehead atoms. The number of aryl methyl sites for hydroxylation is 1. The maximum absolute atomic E-state index is 13.1. The Hall–Kier alpha value is -2.93. The molecule has 1 aromatic heterocycles. The lowest BCUT2D eigenvalue weighted by Crippen LogP contribution is -2.46. The molecule has 0 spiro atoms. The van der Waals surface area contributed by atoms with Crippen LogP contribution in [0.2, 0.25) is 5.02 Å². The van der Waals surface area contributed by atoms with Gasteiger partial charge < -0.3 is 15.1 Å². The lowest BCUT2D eigenvalue weighted by molar-refractivity contribution is -0.138. The van der Waals surface area contributed by atoms with Gasteiger partial charge in [-0.15, -0.1) is 0 Å². The Kier molecular flexibility index (Phi) is 6.23. The number of benzene rings is 1. The Morgan fingerprint density at radius 2 is 1.87 bits per heavy atom. The second kappa shape index (κ2) is 9.06. The van der Waals surface area contributed by atoms with Crippen LogP contribution in [0.25, 0.3) is 0 Å². The number of piperidine rings is 1. The van der Waals surface area contributed by atoms with Gasteiger partial charge in [-0.2, -0.15) is 0 Å². The Morgan fingerprint density at radius 1 is 1.10 bits per heavy atom. The van der Waals surface area contributed by atoms with Crippen LogP contribution in [0.15, 0.2) is 42.6 Å². The molecule has 3 amide bonds. The lowest BCUT2D eigenvalue weighted by atomic mass is 9.95. The van der Waals surface area contributed by atoms with E-state index in [0.29, 0.717) is 30.5 Å². The topological polar surface area (TPSA) is 82.6 Å². The fourth-order valence-corrected chi connectivity index (χ4v) is 4.29. The smallest absolute Gasteiger partial charge is 0.230 e. The summed E-state index contributed by atoms with van der Waals surface area (Å²) in [4.78, 5) is 45.9. The van der Waals surface area contributed by atoms with Gasteiger partial charge >= 0.3 is 0 Å². The van der Waals surface area contributed by atoms with E-state index in [1.54, 1.807) is 46.3 Å². The summed E-state index contributed by atoms with van der Waals surface area (Å²) in [5.41, 5.74) is 1.76. The van der Waals surface area contributed by atoms with Gasteiger partial charge in [-0.05, 0) is 55.7 Å². The zero-order valence-electron chi connectivity index (χ0n) is 17.4. The molecule has 1 N–H and O–H groups in total. The summed E-state index contributed by atoms with van der Waals surface area (Å²) in [6.45, 7) is 3.25. The number of anilines is 2. The summed E-state index contributed by atoms with van der Waals surface area (Å²) in [6.07, 6.45) is 3.37. The number of nitrogens with zero attached hydrogens (tertiary/aromatic N) is 3. The molecular formula is C23H25ClN4O3. The number of carbonyl (C=O) groups excluding carboxylic acids is 3. The van der Waals surface area contributed by atoms with Crippen molar-refractivity contribution in [2.75, 3.05) is 29.9 Å². The van der Waals surface area contributed by atoms with E-state index in [2.05, 4.69) is 10.3 Å². The number of amides is 3. The molecular weight excluding hydrogens is 416 g/mol.